The fourth-order valence-electron chi connectivity index (χ4n) is 10.7. The number of hydrogen-bond donors (Lipinski definition) is 0. The number of aromatic nitrogens is 2. The first-order chi connectivity index (χ1) is 33.7. The second-order valence-corrected chi connectivity index (χ2v) is 17.7. The maximum absolute atomic E-state index is 4.36. The molecule has 2 aromatic heterocycles. The van der Waals surface area contributed by atoms with Gasteiger partial charge in [0, 0.05) is 24.8 Å². The van der Waals surface area contributed by atoms with Crippen LogP contribution >= 0.6 is 0 Å². The second-order valence-electron chi connectivity index (χ2n) is 17.7. The highest BCUT2D eigenvalue weighted by Crippen LogP contribution is 2.51. The first-order valence-electron chi connectivity index (χ1n) is 23.3. The number of rotatable bonds is 7. The lowest BCUT2D eigenvalue weighted by atomic mass is 9.80. The number of benzene rings is 11. The molecule has 11 aromatic carbocycles. The van der Waals surface area contributed by atoms with Crippen molar-refractivity contribution in [2.45, 2.75) is 0 Å². The van der Waals surface area contributed by atoms with Gasteiger partial charge in [0.2, 0.25) is 0 Å². The van der Waals surface area contributed by atoms with E-state index >= 15 is 0 Å². The van der Waals surface area contributed by atoms with Crippen molar-refractivity contribution in [3.63, 3.8) is 0 Å². The van der Waals surface area contributed by atoms with Gasteiger partial charge in [-0.3, -0.25) is 9.97 Å². The van der Waals surface area contributed by atoms with E-state index in [1.54, 1.807) is 0 Å². The zero-order valence-corrected chi connectivity index (χ0v) is 37.1. The molecule has 0 amide bonds. The van der Waals surface area contributed by atoms with Crippen molar-refractivity contribution in [3.05, 3.63) is 255 Å². The van der Waals surface area contributed by atoms with Crippen LogP contribution in [0.15, 0.2) is 255 Å². The Bertz CT molecular complexity index is 4050. The summed E-state index contributed by atoms with van der Waals surface area (Å²) in [6.07, 6.45) is 7.51. The predicted octanol–water partition coefficient (Wildman–Crippen LogP) is 17.9. The normalized spacial score (nSPS) is 11.5. The van der Waals surface area contributed by atoms with Crippen molar-refractivity contribution in [2.24, 2.45) is 0 Å². The maximum Gasteiger partial charge on any atom is 0.0273 e. The van der Waals surface area contributed by atoms with Gasteiger partial charge in [-0.25, -0.2) is 0 Å². The summed E-state index contributed by atoms with van der Waals surface area (Å²) in [5.74, 6) is 0. The Morgan fingerprint density at radius 2 is 0.588 bits per heavy atom. The van der Waals surface area contributed by atoms with Crippen molar-refractivity contribution >= 4 is 53.9 Å². The fraction of sp³-hybridized carbons (Fsp3) is 0. The molecule has 13 rings (SSSR count). The molecule has 0 radical (unpaired) electrons. The number of fused-ring (bicyclic) bond motifs is 6. The van der Waals surface area contributed by atoms with Crippen LogP contribution in [0, 0.1) is 0 Å². The Kier molecular flexibility index (Phi) is 9.54. The third-order valence-corrected chi connectivity index (χ3v) is 13.8. The highest BCUT2D eigenvalue weighted by molar-refractivity contribution is 6.29. The molecule has 68 heavy (non-hydrogen) atoms. The molecule has 0 atom stereocenters. The molecule has 0 fully saturated rings. The average molecular weight is 863 g/mol. The molecule has 0 aliphatic heterocycles. The van der Waals surface area contributed by atoms with Gasteiger partial charge >= 0.3 is 0 Å². The maximum atomic E-state index is 4.36. The van der Waals surface area contributed by atoms with Gasteiger partial charge in [-0.15, -0.1) is 0 Å². The van der Waals surface area contributed by atoms with Crippen LogP contribution < -0.4 is 0 Å². The van der Waals surface area contributed by atoms with Crippen LogP contribution in [0.4, 0.5) is 0 Å². The zero-order chi connectivity index (χ0) is 45.0. The van der Waals surface area contributed by atoms with Crippen molar-refractivity contribution in [1.29, 1.82) is 0 Å². The van der Waals surface area contributed by atoms with Gasteiger partial charge in [-0.05, 0) is 192 Å². The summed E-state index contributed by atoms with van der Waals surface area (Å²) >= 11 is 0. The van der Waals surface area contributed by atoms with Crippen LogP contribution in [-0.2, 0) is 0 Å². The van der Waals surface area contributed by atoms with Crippen LogP contribution in [0.5, 0.6) is 0 Å². The SMILES string of the molecule is c1ccc(-c2ccc3c(-c4cccc(-c5ccncc5)c4)c4cc5c(cc4c(-c4cccc(-c6ccncc6)c4)c3c2)c(-c2ccccc2)c(-c2ccc3ccccc3c2)c2ccccc25)cc1. The standard InChI is InChI=1S/C66H42N2/c1-3-13-43(14-4-1)51-27-28-57-59(40-51)64(53-22-12-20-50(38-53)46-31-35-68-36-32-46)62-42-60-58(41-61(62)63(57)52-21-11-19-49(37-52)45-29-33-67-34-30-45)55-23-9-10-24-56(55)66(65(60)47-16-5-2-6-17-47)54-26-25-44-15-7-8-18-48(44)39-54/h1-42H. The van der Waals surface area contributed by atoms with E-state index in [9.17, 15) is 0 Å². The number of hydrogen-bond acceptors (Lipinski definition) is 2. The Morgan fingerprint density at radius 3 is 1.25 bits per heavy atom. The number of pyridine rings is 2. The third-order valence-electron chi connectivity index (χ3n) is 13.8. The first kappa shape index (κ1) is 39.4. The minimum Gasteiger partial charge on any atom is -0.265 e. The Balaban J connectivity index is 1.23. The lowest BCUT2D eigenvalue weighted by Crippen LogP contribution is -1.96. The summed E-state index contributed by atoms with van der Waals surface area (Å²) in [7, 11) is 0. The van der Waals surface area contributed by atoms with Crippen LogP contribution in [0.25, 0.3) is 132 Å². The lowest BCUT2D eigenvalue weighted by molar-refractivity contribution is 1.33. The van der Waals surface area contributed by atoms with Crippen LogP contribution in [-0.4, -0.2) is 9.97 Å². The van der Waals surface area contributed by atoms with E-state index in [4.69, 9.17) is 0 Å². The quantitative estimate of drug-likeness (QED) is 0.118. The summed E-state index contributed by atoms with van der Waals surface area (Å²) in [4.78, 5) is 8.71. The topological polar surface area (TPSA) is 25.8 Å². The molecule has 13 aromatic rings. The summed E-state index contributed by atoms with van der Waals surface area (Å²) in [5, 5.41) is 12.2. The molecule has 0 aliphatic carbocycles. The van der Waals surface area contributed by atoms with Gasteiger partial charge in [0.25, 0.3) is 0 Å². The first-order valence-corrected chi connectivity index (χ1v) is 23.3. The molecule has 0 saturated carbocycles. The van der Waals surface area contributed by atoms with Gasteiger partial charge in [0.15, 0.2) is 0 Å². The highest BCUT2D eigenvalue weighted by Gasteiger charge is 2.24. The second kappa shape index (κ2) is 16.5. The van der Waals surface area contributed by atoms with Crippen LogP contribution in [0.1, 0.15) is 0 Å². The van der Waals surface area contributed by atoms with E-state index < -0.39 is 0 Å². The molecule has 0 saturated heterocycles. The molecule has 2 nitrogen and oxygen atoms in total. The Morgan fingerprint density at radius 1 is 0.176 bits per heavy atom. The largest absolute Gasteiger partial charge is 0.265 e. The molecule has 0 unspecified atom stereocenters. The van der Waals surface area contributed by atoms with E-state index in [-0.39, 0.29) is 0 Å². The summed E-state index contributed by atoms with van der Waals surface area (Å²) in [6, 6.07) is 85.1. The third kappa shape index (κ3) is 6.73. The molecular formula is C66H42N2. The van der Waals surface area contributed by atoms with Crippen molar-refractivity contribution in [3.8, 4) is 77.9 Å². The molecule has 0 spiro atoms. The van der Waals surface area contributed by atoms with E-state index in [0.717, 1.165) is 27.8 Å². The predicted molar refractivity (Wildman–Crippen MR) is 288 cm³/mol. The molecule has 2 heterocycles. The minimum absolute atomic E-state index is 1.13. The Hall–Kier alpha value is -8.98. The highest BCUT2D eigenvalue weighted by atomic mass is 14.6. The van der Waals surface area contributed by atoms with E-state index in [2.05, 4.69) is 240 Å². The van der Waals surface area contributed by atoms with E-state index in [0.29, 0.717) is 0 Å². The van der Waals surface area contributed by atoms with Gasteiger partial charge in [0.1, 0.15) is 0 Å². The summed E-state index contributed by atoms with van der Waals surface area (Å²) in [6.45, 7) is 0. The van der Waals surface area contributed by atoms with Gasteiger partial charge in [-0.1, -0.05) is 170 Å². The number of nitrogens with zero attached hydrogens (tertiary/aromatic N) is 2. The van der Waals surface area contributed by atoms with Crippen molar-refractivity contribution in [2.75, 3.05) is 0 Å². The van der Waals surface area contributed by atoms with Crippen molar-refractivity contribution < 1.29 is 0 Å². The smallest absolute Gasteiger partial charge is 0.0273 e. The van der Waals surface area contributed by atoms with Gasteiger partial charge < -0.3 is 0 Å². The molecule has 0 bridgehead atoms. The van der Waals surface area contributed by atoms with Gasteiger partial charge in [-0.2, -0.15) is 0 Å². The van der Waals surface area contributed by atoms with Crippen LogP contribution in [0.2, 0.25) is 0 Å². The van der Waals surface area contributed by atoms with Crippen LogP contribution in [0.3, 0.4) is 0 Å². The summed E-state index contributed by atoms with van der Waals surface area (Å²) in [5.41, 5.74) is 16.5. The minimum atomic E-state index is 1.13. The van der Waals surface area contributed by atoms with Gasteiger partial charge in [0.05, 0.1) is 0 Å². The molecule has 0 N–H and O–H groups in total. The lowest BCUT2D eigenvalue weighted by Gasteiger charge is -2.23. The fourth-order valence-corrected chi connectivity index (χ4v) is 10.7. The average Bonchev–Trinajstić information content (AvgIpc) is 3.42. The van der Waals surface area contributed by atoms with E-state index in [1.165, 1.54) is 104 Å². The zero-order valence-electron chi connectivity index (χ0n) is 37.1. The molecular weight excluding hydrogens is 821 g/mol. The molecule has 0 aliphatic rings. The Labute approximate surface area is 395 Å². The van der Waals surface area contributed by atoms with E-state index in [1.807, 2.05) is 24.8 Å². The molecule has 2 heteroatoms. The monoisotopic (exact) mass is 862 g/mol. The summed E-state index contributed by atoms with van der Waals surface area (Å²) < 4.78 is 0. The molecule has 316 valence electrons. The van der Waals surface area contributed by atoms with Crippen molar-refractivity contribution in [1.82, 2.24) is 9.97 Å².